The molecule has 0 unspecified atom stereocenters. The van der Waals surface area contributed by atoms with Crippen molar-refractivity contribution in [1.29, 1.82) is 0 Å². The van der Waals surface area contributed by atoms with Gasteiger partial charge in [0.05, 0.1) is 6.54 Å². The summed E-state index contributed by atoms with van der Waals surface area (Å²) in [5, 5.41) is 0.796. The van der Waals surface area contributed by atoms with Crippen molar-refractivity contribution in [1.82, 2.24) is 9.97 Å². The quantitative estimate of drug-likeness (QED) is 0.518. The number of nitrogens with zero attached hydrogens (tertiary/aromatic N) is 2. The van der Waals surface area contributed by atoms with Gasteiger partial charge in [0, 0.05) is 23.7 Å². The lowest BCUT2D eigenvalue weighted by atomic mass is 10.1. The fraction of sp³-hybridized carbons (Fsp3) is 0.143. The Labute approximate surface area is 111 Å². The molecule has 0 aliphatic heterocycles. The predicted molar refractivity (Wildman–Crippen MR) is 74.0 cm³/mol. The molecular formula is C14H13N3S. The van der Waals surface area contributed by atoms with E-state index in [9.17, 15) is 0 Å². The Morgan fingerprint density at radius 2 is 1.83 bits per heavy atom. The van der Waals surface area contributed by atoms with Crippen LogP contribution in [0.15, 0.2) is 47.9 Å². The summed E-state index contributed by atoms with van der Waals surface area (Å²) in [5.74, 6) is 6.69. The monoisotopic (exact) mass is 255 g/mol. The molecular weight excluding hydrogens is 242 g/mol. The molecule has 0 aliphatic carbocycles. The third-order valence-electron chi connectivity index (χ3n) is 2.20. The van der Waals surface area contributed by atoms with Gasteiger partial charge in [-0.3, -0.25) is 0 Å². The highest BCUT2D eigenvalue weighted by atomic mass is 32.2. The van der Waals surface area contributed by atoms with Crippen molar-refractivity contribution < 1.29 is 0 Å². The number of hydrogen-bond acceptors (Lipinski definition) is 4. The first-order chi connectivity index (χ1) is 8.88. The maximum absolute atomic E-state index is 5.33. The van der Waals surface area contributed by atoms with Crippen molar-refractivity contribution in [3.05, 3.63) is 53.9 Å². The molecule has 2 N–H and O–H groups in total. The lowest BCUT2D eigenvalue weighted by molar-refractivity contribution is 0.966. The number of aromatic nitrogens is 2. The average molecular weight is 255 g/mol. The third kappa shape index (κ3) is 3.88. The zero-order valence-electron chi connectivity index (χ0n) is 9.84. The molecule has 1 aromatic heterocycles. The van der Waals surface area contributed by atoms with Crippen LogP contribution in [-0.2, 0) is 5.75 Å². The van der Waals surface area contributed by atoms with Crippen LogP contribution in [0, 0.1) is 11.8 Å². The highest BCUT2D eigenvalue weighted by Gasteiger charge is 1.97. The highest BCUT2D eigenvalue weighted by molar-refractivity contribution is 7.98. The SMILES string of the molecule is NCC#Cc1ccc(CSc2ncccn2)cc1. The predicted octanol–water partition coefficient (Wildman–Crippen LogP) is 2.08. The van der Waals surface area contributed by atoms with Crippen molar-refractivity contribution in [2.75, 3.05) is 6.54 Å². The molecule has 18 heavy (non-hydrogen) atoms. The molecule has 0 saturated heterocycles. The van der Waals surface area contributed by atoms with Gasteiger partial charge in [-0.15, -0.1) is 0 Å². The number of hydrogen-bond donors (Lipinski definition) is 1. The van der Waals surface area contributed by atoms with E-state index in [2.05, 4.69) is 33.9 Å². The summed E-state index contributed by atoms with van der Waals surface area (Å²) in [6.07, 6.45) is 3.50. The zero-order chi connectivity index (χ0) is 12.6. The van der Waals surface area contributed by atoms with E-state index in [0.29, 0.717) is 6.54 Å². The maximum atomic E-state index is 5.33. The molecule has 1 aromatic carbocycles. The molecule has 0 amide bonds. The van der Waals surface area contributed by atoms with E-state index in [1.807, 2.05) is 18.2 Å². The summed E-state index contributed by atoms with van der Waals surface area (Å²) in [7, 11) is 0. The first-order valence-corrected chi connectivity index (χ1v) is 6.55. The fourth-order valence-electron chi connectivity index (χ4n) is 1.35. The third-order valence-corrected chi connectivity index (χ3v) is 3.15. The van der Waals surface area contributed by atoms with Crippen molar-refractivity contribution >= 4 is 11.8 Å². The lowest BCUT2D eigenvalue weighted by Crippen LogP contribution is -1.93. The van der Waals surface area contributed by atoms with Crippen LogP contribution in [-0.4, -0.2) is 16.5 Å². The molecule has 0 aliphatic rings. The summed E-state index contributed by atoms with van der Waals surface area (Å²) >= 11 is 1.62. The smallest absolute Gasteiger partial charge is 0.187 e. The average Bonchev–Trinajstić information content (AvgIpc) is 2.45. The first-order valence-electron chi connectivity index (χ1n) is 5.56. The Kier molecular flexibility index (Phi) is 4.77. The molecule has 0 atom stereocenters. The van der Waals surface area contributed by atoms with Crippen molar-refractivity contribution in [3.8, 4) is 11.8 Å². The van der Waals surface area contributed by atoms with E-state index in [0.717, 1.165) is 16.5 Å². The van der Waals surface area contributed by atoms with Crippen molar-refractivity contribution in [2.24, 2.45) is 5.73 Å². The minimum absolute atomic E-state index is 0.392. The van der Waals surface area contributed by atoms with Crippen LogP contribution in [0.5, 0.6) is 0 Å². The molecule has 0 bridgehead atoms. The van der Waals surface area contributed by atoms with Crippen LogP contribution in [0.25, 0.3) is 0 Å². The summed E-state index contributed by atoms with van der Waals surface area (Å²) in [6, 6.07) is 9.96. The van der Waals surface area contributed by atoms with Crippen LogP contribution >= 0.6 is 11.8 Å². The summed E-state index contributed by atoms with van der Waals surface area (Å²) in [4.78, 5) is 8.33. The zero-order valence-corrected chi connectivity index (χ0v) is 10.7. The van der Waals surface area contributed by atoms with Gasteiger partial charge >= 0.3 is 0 Å². The van der Waals surface area contributed by atoms with Gasteiger partial charge in [0.15, 0.2) is 5.16 Å². The number of nitrogens with two attached hydrogens (primary N) is 1. The van der Waals surface area contributed by atoms with Gasteiger partial charge in [-0.2, -0.15) is 0 Å². The molecule has 3 nitrogen and oxygen atoms in total. The number of thioether (sulfide) groups is 1. The van der Waals surface area contributed by atoms with Crippen LogP contribution in [0.4, 0.5) is 0 Å². The molecule has 0 fully saturated rings. The van der Waals surface area contributed by atoms with Gasteiger partial charge in [-0.05, 0) is 23.8 Å². The van der Waals surface area contributed by atoms with E-state index >= 15 is 0 Å². The summed E-state index contributed by atoms with van der Waals surface area (Å²) in [6.45, 7) is 0.392. The summed E-state index contributed by atoms with van der Waals surface area (Å²) in [5.41, 5.74) is 7.55. The standard InChI is InChI=1S/C14H13N3S/c15-8-1-3-12-4-6-13(7-5-12)11-18-14-16-9-2-10-17-14/h2,4-7,9-10H,8,11,15H2. The van der Waals surface area contributed by atoms with Crippen LogP contribution in [0.2, 0.25) is 0 Å². The second-order valence-electron chi connectivity index (χ2n) is 3.52. The van der Waals surface area contributed by atoms with Crippen LogP contribution in [0.1, 0.15) is 11.1 Å². The van der Waals surface area contributed by atoms with Gasteiger partial charge in [0.1, 0.15) is 0 Å². The van der Waals surface area contributed by atoms with Crippen molar-refractivity contribution in [2.45, 2.75) is 10.9 Å². The highest BCUT2D eigenvalue weighted by Crippen LogP contribution is 2.18. The molecule has 0 radical (unpaired) electrons. The second-order valence-corrected chi connectivity index (χ2v) is 4.47. The molecule has 2 aromatic rings. The molecule has 90 valence electrons. The number of rotatable bonds is 3. The van der Waals surface area contributed by atoms with E-state index in [1.165, 1.54) is 5.56 Å². The second kappa shape index (κ2) is 6.80. The van der Waals surface area contributed by atoms with Crippen LogP contribution < -0.4 is 5.73 Å². The minimum atomic E-state index is 0.392. The maximum Gasteiger partial charge on any atom is 0.187 e. The van der Waals surface area contributed by atoms with E-state index in [-0.39, 0.29) is 0 Å². The lowest BCUT2D eigenvalue weighted by Gasteiger charge is -2.00. The number of benzene rings is 1. The van der Waals surface area contributed by atoms with E-state index in [1.54, 1.807) is 24.2 Å². The van der Waals surface area contributed by atoms with E-state index < -0.39 is 0 Å². The van der Waals surface area contributed by atoms with Crippen molar-refractivity contribution in [3.63, 3.8) is 0 Å². The molecule has 1 heterocycles. The Hall–Kier alpha value is -1.83. The topological polar surface area (TPSA) is 51.8 Å². The Bertz CT molecular complexity index is 541. The Morgan fingerprint density at radius 1 is 1.11 bits per heavy atom. The van der Waals surface area contributed by atoms with Gasteiger partial charge < -0.3 is 5.73 Å². The fourth-order valence-corrected chi connectivity index (χ4v) is 2.10. The summed E-state index contributed by atoms with van der Waals surface area (Å²) < 4.78 is 0. The van der Waals surface area contributed by atoms with E-state index in [4.69, 9.17) is 5.73 Å². The minimum Gasteiger partial charge on any atom is -0.320 e. The Morgan fingerprint density at radius 3 is 2.50 bits per heavy atom. The van der Waals surface area contributed by atoms with Crippen LogP contribution in [0.3, 0.4) is 0 Å². The van der Waals surface area contributed by atoms with Gasteiger partial charge in [0.25, 0.3) is 0 Å². The normalized spacial score (nSPS) is 9.61. The molecule has 0 saturated carbocycles. The van der Waals surface area contributed by atoms with Gasteiger partial charge in [-0.1, -0.05) is 35.7 Å². The van der Waals surface area contributed by atoms with Gasteiger partial charge in [-0.25, -0.2) is 9.97 Å². The largest absolute Gasteiger partial charge is 0.320 e. The first kappa shape index (κ1) is 12.6. The molecule has 4 heteroatoms. The molecule has 0 spiro atoms. The molecule has 2 rings (SSSR count). The van der Waals surface area contributed by atoms with Gasteiger partial charge in [0.2, 0.25) is 0 Å². The Balaban J connectivity index is 1.94.